The van der Waals surface area contributed by atoms with Crippen LogP contribution in [0.2, 0.25) is 0 Å². The number of likely N-dealkylation sites (tertiary alicyclic amines) is 1. The average molecular weight is 345 g/mol. The summed E-state index contributed by atoms with van der Waals surface area (Å²) >= 11 is 0. The second kappa shape index (κ2) is 10.0. The molecule has 1 aromatic carbocycles. The fourth-order valence-corrected chi connectivity index (χ4v) is 3.17. The van der Waals surface area contributed by atoms with Crippen molar-refractivity contribution >= 4 is 11.9 Å². The molecule has 0 bridgehead atoms. The highest BCUT2D eigenvalue weighted by Crippen LogP contribution is 2.14. The Labute approximate surface area is 151 Å². The van der Waals surface area contributed by atoms with E-state index in [2.05, 4.69) is 32.8 Å². The molecule has 25 heavy (non-hydrogen) atoms. The number of nitrogens with zero attached hydrogens (tertiary/aromatic N) is 2. The third-order valence-corrected chi connectivity index (χ3v) is 4.72. The van der Waals surface area contributed by atoms with Crippen molar-refractivity contribution in [3.63, 3.8) is 0 Å². The van der Waals surface area contributed by atoms with Gasteiger partial charge in [0.05, 0.1) is 0 Å². The lowest BCUT2D eigenvalue weighted by atomic mass is 10.1. The van der Waals surface area contributed by atoms with Gasteiger partial charge in [-0.25, -0.2) is 0 Å². The van der Waals surface area contributed by atoms with E-state index in [1.807, 2.05) is 24.3 Å². The lowest BCUT2D eigenvalue weighted by Crippen LogP contribution is -2.41. The zero-order chi connectivity index (χ0) is 18.1. The van der Waals surface area contributed by atoms with Crippen molar-refractivity contribution in [2.75, 3.05) is 46.8 Å². The molecular formula is C19H31N5O. The Morgan fingerprint density at radius 3 is 2.88 bits per heavy atom. The number of hydrogen-bond donors (Lipinski definition) is 3. The van der Waals surface area contributed by atoms with E-state index in [0.29, 0.717) is 11.5 Å². The summed E-state index contributed by atoms with van der Waals surface area (Å²) in [4.78, 5) is 18.5. The zero-order valence-electron chi connectivity index (χ0n) is 15.6. The van der Waals surface area contributed by atoms with E-state index in [-0.39, 0.29) is 5.91 Å². The van der Waals surface area contributed by atoms with Crippen LogP contribution in [-0.2, 0) is 6.42 Å². The van der Waals surface area contributed by atoms with Gasteiger partial charge in [0, 0.05) is 39.3 Å². The van der Waals surface area contributed by atoms with E-state index in [9.17, 15) is 4.79 Å². The van der Waals surface area contributed by atoms with Crippen molar-refractivity contribution in [1.29, 1.82) is 0 Å². The van der Waals surface area contributed by atoms with E-state index in [0.717, 1.165) is 37.6 Å². The average Bonchev–Trinajstić information content (AvgIpc) is 3.12. The predicted octanol–water partition coefficient (Wildman–Crippen LogP) is 1.10. The first-order valence-corrected chi connectivity index (χ1v) is 9.14. The maximum atomic E-state index is 11.7. The van der Waals surface area contributed by atoms with Gasteiger partial charge < -0.3 is 20.9 Å². The third kappa shape index (κ3) is 6.05. The van der Waals surface area contributed by atoms with Gasteiger partial charge >= 0.3 is 0 Å². The van der Waals surface area contributed by atoms with Crippen LogP contribution in [0, 0.1) is 5.92 Å². The second-order valence-electron chi connectivity index (χ2n) is 6.46. The van der Waals surface area contributed by atoms with E-state index in [4.69, 9.17) is 0 Å². The van der Waals surface area contributed by atoms with Crippen molar-refractivity contribution in [1.82, 2.24) is 20.9 Å². The summed E-state index contributed by atoms with van der Waals surface area (Å²) in [6.07, 6.45) is 2.10. The second-order valence-corrected chi connectivity index (χ2v) is 6.46. The molecule has 0 aliphatic carbocycles. The first kappa shape index (κ1) is 19.2. The molecule has 0 aromatic heterocycles. The molecule has 6 nitrogen and oxygen atoms in total. The van der Waals surface area contributed by atoms with Crippen LogP contribution in [0.25, 0.3) is 0 Å². The van der Waals surface area contributed by atoms with E-state index in [1.165, 1.54) is 19.5 Å². The van der Waals surface area contributed by atoms with Crippen LogP contribution >= 0.6 is 0 Å². The number of amides is 1. The Balaban J connectivity index is 1.73. The van der Waals surface area contributed by atoms with Gasteiger partial charge in [-0.05, 0) is 49.5 Å². The highest BCUT2D eigenvalue weighted by Gasteiger charge is 2.20. The molecule has 1 aliphatic heterocycles. The standard InChI is InChI=1S/C19H31N5O/c1-4-24-11-9-16(14-24)13-23-19(21-3)22-10-8-15-6-5-7-17(12-15)18(25)20-2/h5-7,12,16H,4,8-11,13-14H2,1-3H3,(H,20,25)(H2,21,22,23). The molecule has 1 saturated heterocycles. The van der Waals surface area contributed by atoms with Gasteiger partial charge in [0.25, 0.3) is 5.91 Å². The van der Waals surface area contributed by atoms with Gasteiger partial charge in [-0.3, -0.25) is 9.79 Å². The maximum Gasteiger partial charge on any atom is 0.251 e. The summed E-state index contributed by atoms with van der Waals surface area (Å²) in [6, 6.07) is 7.74. The van der Waals surface area contributed by atoms with Gasteiger partial charge in [-0.15, -0.1) is 0 Å². The van der Waals surface area contributed by atoms with Crippen molar-refractivity contribution in [3.8, 4) is 0 Å². The van der Waals surface area contributed by atoms with Gasteiger partial charge in [0.2, 0.25) is 0 Å². The van der Waals surface area contributed by atoms with Gasteiger partial charge in [0.1, 0.15) is 0 Å². The lowest BCUT2D eigenvalue weighted by Gasteiger charge is -2.16. The Hall–Kier alpha value is -2.08. The molecule has 6 heteroatoms. The van der Waals surface area contributed by atoms with Gasteiger partial charge in [0.15, 0.2) is 5.96 Å². The SMILES string of the molecule is CCN1CCC(CNC(=NC)NCCc2cccc(C(=O)NC)c2)C1. The summed E-state index contributed by atoms with van der Waals surface area (Å²) < 4.78 is 0. The third-order valence-electron chi connectivity index (χ3n) is 4.72. The topological polar surface area (TPSA) is 68.8 Å². The van der Waals surface area contributed by atoms with Gasteiger partial charge in [-0.2, -0.15) is 0 Å². The molecule has 0 saturated carbocycles. The number of carbonyl (C=O) groups is 1. The van der Waals surface area contributed by atoms with E-state index < -0.39 is 0 Å². The van der Waals surface area contributed by atoms with Crippen LogP contribution in [0.1, 0.15) is 29.3 Å². The molecule has 2 rings (SSSR count). The molecule has 3 N–H and O–H groups in total. The Kier molecular flexibility index (Phi) is 7.73. The number of nitrogens with one attached hydrogen (secondary N) is 3. The maximum absolute atomic E-state index is 11.7. The number of guanidine groups is 1. The largest absolute Gasteiger partial charge is 0.356 e. The van der Waals surface area contributed by atoms with Crippen LogP contribution in [-0.4, -0.2) is 63.6 Å². The highest BCUT2D eigenvalue weighted by atomic mass is 16.1. The van der Waals surface area contributed by atoms with Crippen LogP contribution in [0.4, 0.5) is 0 Å². The van der Waals surface area contributed by atoms with Crippen molar-refractivity contribution in [2.45, 2.75) is 19.8 Å². The monoisotopic (exact) mass is 345 g/mol. The normalized spacial score (nSPS) is 18.2. The van der Waals surface area contributed by atoms with Crippen LogP contribution in [0.3, 0.4) is 0 Å². The minimum atomic E-state index is -0.0510. The number of benzene rings is 1. The summed E-state index contributed by atoms with van der Waals surface area (Å²) in [5.41, 5.74) is 1.84. The summed E-state index contributed by atoms with van der Waals surface area (Å²) in [6.45, 7) is 7.47. The smallest absolute Gasteiger partial charge is 0.251 e. The number of rotatable bonds is 7. The summed E-state index contributed by atoms with van der Waals surface area (Å²) in [5.74, 6) is 1.49. The number of aliphatic imine (C=N–C) groups is 1. The molecule has 1 aliphatic rings. The van der Waals surface area contributed by atoms with Crippen LogP contribution < -0.4 is 16.0 Å². The van der Waals surface area contributed by atoms with Crippen molar-refractivity contribution in [3.05, 3.63) is 35.4 Å². The van der Waals surface area contributed by atoms with Crippen molar-refractivity contribution < 1.29 is 4.79 Å². The molecule has 1 aromatic rings. The predicted molar refractivity (Wildman–Crippen MR) is 103 cm³/mol. The molecule has 1 fully saturated rings. The van der Waals surface area contributed by atoms with E-state index >= 15 is 0 Å². The minimum Gasteiger partial charge on any atom is -0.356 e. The zero-order valence-corrected chi connectivity index (χ0v) is 15.6. The first-order chi connectivity index (χ1) is 12.2. The summed E-state index contributed by atoms with van der Waals surface area (Å²) in [7, 11) is 3.45. The molecule has 0 spiro atoms. The Morgan fingerprint density at radius 1 is 1.36 bits per heavy atom. The lowest BCUT2D eigenvalue weighted by molar-refractivity contribution is 0.0963. The minimum absolute atomic E-state index is 0.0510. The first-order valence-electron chi connectivity index (χ1n) is 9.14. The molecule has 138 valence electrons. The fraction of sp³-hybridized carbons (Fsp3) is 0.579. The number of carbonyl (C=O) groups excluding carboxylic acids is 1. The molecule has 1 unspecified atom stereocenters. The quantitative estimate of drug-likeness (QED) is 0.511. The molecule has 1 heterocycles. The molecule has 1 amide bonds. The van der Waals surface area contributed by atoms with E-state index in [1.54, 1.807) is 14.1 Å². The summed E-state index contributed by atoms with van der Waals surface area (Å²) in [5, 5.41) is 9.44. The van der Waals surface area contributed by atoms with Crippen LogP contribution in [0.5, 0.6) is 0 Å². The Morgan fingerprint density at radius 2 is 2.20 bits per heavy atom. The van der Waals surface area contributed by atoms with Gasteiger partial charge in [-0.1, -0.05) is 19.1 Å². The number of hydrogen-bond acceptors (Lipinski definition) is 3. The highest BCUT2D eigenvalue weighted by molar-refractivity contribution is 5.94. The fourth-order valence-electron chi connectivity index (χ4n) is 3.17. The Bertz CT molecular complexity index is 587. The van der Waals surface area contributed by atoms with Crippen LogP contribution in [0.15, 0.2) is 29.3 Å². The molecular weight excluding hydrogens is 314 g/mol. The van der Waals surface area contributed by atoms with Crippen molar-refractivity contribution in [2.24, 2.45) is 10.9 Å². The molecule has 0 radical (unpaired) electrons. The molecule has 1 atom stereocenters.